The molecule has 0 saturated heterocycles. The Kier molecular flexibility index (Phi) is 6.72. The van der Waals surface area contributed by atoms with E-state index in [0.29, 0.717) is 0 Å². The number of anilines is 1. The third-order valence-electron chi connectivity index (χ3n) is 6.38. The van der Waals surface area contributed by atoms with Gasteiger partial charge in [-0.05, 0) is 48.9 Å². The van der Waals surface area contributed by atoms with E-state index in [-0.39, 0.29) is 24.0 Å². The summed E-state index contributed by atoms with van der Waals surface area (Å²) >= 11 is 3.74. The molecule has 0 amide bonds. The zero-order chi connectivity index (χ0) is 22.4. The number of benzene rings is 4. The Balaban J connectivity index is 0.00000241. The first-order valence-electron chi connectivity index (χ1n) is 11.5. The lowest BCUT2D eigenvalue weighted by Gasteiger charge is -2.18. The molecule has 1 aromatic heterocycles. The summed E-state index contributed by atoms with van der Waals surface area (Å²) in [5, 5.41) is 7.83. The average molecular weight is 593 g/mol. The van der Waals surface area contributed by atoms with E-state index in [1.165, 1.54) is 52.4 Å². The molecule has 6 rings (SSSR count). The van der Waals surface area contributed by atoms with E-state index in [4.69, 9.17) is 0 Å². The van der Waals surface area contributed by atoms with E-state index in [1.54, 1.807) is 0 Å². The van der Waals surface area contributed by atoms with Crippen molar-refractivity contribution in [3.8, 4) is 0 Å². The number of nitrogens with zero attached hydrogens (tertiary/aromatic N) is 2. The Hall–Kier alpha value is -2.31. The van der Waals surface area contributed by atoms with Crippen LogP contribution in [-0.4, -0.2) is 6.54 Å². The SMILES string of the molecule is CCN1C(=C=CCc2sc3ccc4ccccc4c3[n+]2CC)Sc2ccc3ccccc3c21.[I-]. The predicted molar refractivity (Wildman–Crippen MR) is 143 cm³/mol. The van der Waals surface area contributed by atoms with Gasteiger partial charge in [-0.25, -0.2) is 0 Å². The highest BCUT2D eigenvalue weighted by atomic mass is 127. The summed E-state index contributed by atoms with van der Waals surface area (Å²) < 4.78 is 3.84. The Morgan fingerprint density at radius 2 is 1.59 bits per heavy atom. The van der Waals surface area contributed by atoms with Gasteiger partial charge in [-0.3, -0.25) is 0 Å². The van der Waals surface area contributed by atoms with Crippen molar-refractivity contribution in [3.05, 3.63) is 94.6 Å². The number of allylic oxidation sites excluding steroid dienone is 1. The van der Waals surface area contributed by atoms with Crippen LogP contribution in [0.15, 0.2) is 94.5 Å². The normalized spacial score (nSPS) is 12.8. The molecule has 0 radical (unpaired) electrons. The number of halogens is 1. The summed E-state index contributed by atoms with van der Waals surface area (Å²) in [7, 11) is 0. The molecule has 0 atom stereocenters. The number of thioether (sulfide) groups is 1. The highest BCUT2D eigenvalue weighted by Gasteiger charge is 2.26. The predicted octanol–water partition coefficient (Wildman–Crippen LogP) is 4.69. The second-order valence-electron chi connectivity index (χ2n) is 8.21. The molecule has 1 aliphatic heterocycles. The van der Waals surface area contributed by atoms with Crippen LogP contribution in [0.25, 0.3) is 31.8 Å². The van der Waals surface area contributed by atoms with E-state index in [0.717, 1.165) is 19.5 Å². The summed E-state index contributed by atoms with van der Waals surface area (Å²) in [6.45, 7) is 6.38. The minimum atomic E-state index is 0. The number of hydrogen-bond acceptors (Lipinski definition) is 3. The fourth-order valence-corrected chi connectivity index (χ4v) is 7.22. The van der Waals surface area contributed by atoms with Crippen LogP contribution in [0.3, 0.4) is 0 Å². The lowest BCUT2D eigenvalue weighted by molar-refractivity contribution is -0.669. The topological polar surface area (TPSA) is 7.12 Å². The second-order valence-corrected chi connectivity index (χ2v) is 10.4. The van der Waals surface area contributed by atoms with Crippen LogP contribution in [0.1, 0.15) is 18.9 Å². The molecular weight excluding hydrogens is 567 g/mol. The summed E-state index contributed by atoms with van der Waals surface area (Å²) in [6.07, 6.45) is 3.11. The molecule has 34 heavy (non-hydrogen) atoms. The molecule has 4 aromatic carbocycles. The van der Waals surface area contributed by atoms with Gasteiger partial charge in [0, 0.05) is 16.8 Å². The number of rotatable bonds is 4. The smallest absolute Gasteiger partial charge is 0.242 e. The Morgan fingerprint density at radius 1 is 0.882 bits per heavy atom. The molecule has 0 bridgehead atoms. The molecule has 2 nitrogen and oxygen atoms in total. The molecule has 0 saturated carbocycles. The summed E-state index contributed by atoms with van der Waals surface area (Å²) in [5.41, 5.74) is 6.34. The molecule has 0 fully saturated rings. The average Bonchev–Trinajstić information content (AvgIpc) is 3.41. The third-order valence-corrected chi connectivity index (χ3v) is 8.64. The van der Waals surface area contributed by atoms with Crippen LogP contribution in [0, 0.1) is 0 Å². The number of hydrogen-bond donors (Lipinski definition) is 0. The van der Waals surface area contributed by atoms with Crippen molar-refractivity contribution in [2.24, 2.45) is 0 Å². The van der Waals surface area contributed by atoms with Gasteiger partial charge in [0.2, 0.25) is 10.5 Å². The van der Waals surface area contributed by atoms with E-state index in [1.807, 2.05) is 23.1 Å². The third kappa shape index (κ3) is 3.85. The first-order chi connectivity index (χ1) is 16.3. The van der Waals surface area contributed by atoms with Crippen molar-refractivity contribution < 1.29 is 28.5 Å². The van der Waals surface area contributed by atoms with Crippen molar-refractivity contribution in [1.29, 1.82) is 0 Å². The van der Waals surface area contributed by atoms with Crippen LogP contribution >= 0.6 is 23.1 Å². The lowest BCUT2D eigenvalue weighted by Crippen LogP contribution is -3.00. The summed E-state index contributed by atoms with van der Waals surface area (Å²) in [6, 6.07) is 26.4. The number of fused-ring (bicyclic) bond motifs is 6. The first kappa shape index (κ1) is 23.4. The maximum atomic E-state index is 3.65. The van der Waals surface area contributed by atoms with E-state index < -0.39 is 0 Å². The van der Waals surface area contributed by atoms with Gasteiger partial charge in [0.25, 0.3) is 0 Å². The van der Waals surface area contributed by atoms with Crippen LogP contribution in [0.4, 0.5) is 5.69 Å². The number of aryl methyl sites for hydroxylation is 1. The van der Waals surface area contributed by atoms with Gasteiger partial charge >= 0.3 is 0 Å². The number of aromatic nitrogens is 1. The molecule has 2 heterocycles. The van der Waals surface area contributed by atoms with Crippen LogP contribution in [0.5, 0.6) is 0 Å². The van der Waals surface area contributed by atoms with E-state index >= 15 is 0 Å². The van der Waals surface area contributed by atoms with Crippen molar-refractivity contribution in [2.45, 2.75) is 31.7 Å². The molecule has 0 unspecified atom stereocenters. The molecule has 1 aliphatic rings. The van der Waals surface area contributed by atoms with Crippen LogP contribution in [-0.2, 0) is 13.0 Å². The van der Waals surface area contributed by atoms with E-state index in [9.17, 15) is 0 Å². The first-order valence-corrected chi connectivity index (χ1v) is 13.2. The second kappa shape index (κ2) is 9.74. The Labute approximate surface area is 225 Å². The monoisotopic (exact) mass is 592 g/mol. The fraction of sp³-hybridized carbons (Fsp3) is 0.172. The standard InChI is InChI=1S/C29H25N2S2.HI/c1-3-30-26(32-24-18-16-20-10-5-7-12-22(20)28(24)30)14-9-15-27-31(4-2)29-23-13-8-6-11-21(23)17-19-25(29)33-27;/h5-13,16-19H,3-4,14H2,1-2H3;1H/q+1;/p-1. The minimum absolute atomic E-state index is 0. The van der Waals surface area contributed by atoms with Gasteiger partial charge in [-0.15, -0.1) is 0 Å². The maximum absolute atomic E-state index is 3.65. The molecule has 5 heteroatoms. The van der Waals surface area contributed by atoms with Gasteiger partial charge in [0.15, 0.2) is 0 Å². The van der Waals surface area contributed by atoms with Crippen LogP contribution < -0.4 is 33.4 Å². The van der Waals surface area contributed by atoms with Gasteiger partial charge in [-0.2, -0.15) is 4.57 Å². The lowest BCUT2D eigenvalue weighted by atomic mass is 10.1. The molecule has 0 aliphatic carbocycles. The zero-order valence-electron chi connectivity index (χ0n) is 19.2. The Morgan fingerprint density at radius 3 is 2.35 bits per heavy atom. The molecule has 0 N–H and O–H groups in total. The molecule has 5 aromatic rings. The van der Waals surface area contributed by atoms with Crippen molar-refractivity contribution in [2.75, 3.05) is 11.4 Å². The van der Waals surface area contributed by atoms with Crippen molar-refractivity contribution >= 4 is 60.5 Å². The van der Waals surface area contributed by atoms with Gasteiger partial charge in [0.1, 0.15) is 16.3 Å². The number of thiazole rings is 1. The fourth-order valence-electron chi connectivity index (χ4n) is 4.88. The Bertz CT molecular complexity index is 1590. The van der Waals surface area contributed by atoms with Crippen molar-refractivity contribution in [1.82, 2.24) is 0 Å². The van der Waals surface area contributed by atoms with E-state index in [2.05, 4.69) is 108 Å². The quantitative estimate of drug-likeness (QED) is 0.170. The molecule has 0 spiro atoms. The molecular formula is C29H25IN2S2. The summed E-state index contributed by atoms with van der Waals surface area (Å²) in [5.74, 6) is 0. The zero-order valence-corrected chi connectivity index (χ0v) is 23.0. The largest absolute Gasteiger partial charge is 1.00 e. The molecule has 170 valence electrons. The van der Waals surface area contributed by atoms with Gasteiger partial charge in [0.05, 0.1) is 17.5 Å². The minimum Gasteiger partial charge on any atom is -1.00 e. The van der Waals surface area contributed by atoms with Gasteiger partial charge in [-0.1, -0.05) is 83.4 Å². The van der Waals surface area contributed by atoms with Crippen LogP contribution in [0.2, 0.25) is 0 Å². The highest BCUT2D eigenvalue weighted by molar-refractivity contribution is 8.03. The maximum Gasteiger partial charge on any atom is 0.242 e. The van der Waals surface area contributed by atoms with Gasteiger partial charge < -0.3 is 28.9 Å². The summed E-state index contributed by atoms with van der Waals surface area (Å²) in [4.78, 5) is 3.73. The highest BCUT2D eigenvalue weighted by Crippen LogP contribution is 2.48. The van der Waals surface area contributed by atoms with Crippen molar-refractivity contribution in [3.63, 3.8) is 0 Å².